The molecule has 1 aromatic heterocycles. The van der Waals surface area contributed by atoms with Gasteiger partial charge in [0.1, 0.15) is 18.0 Å². The van der Waals surface area contributed by atoms with Gasteiger partial charge in [-0.1, -0.05) is 12.1 Å². The summed E-state index contributed by atoms with van der Waals surface area (Å²) >= 11 is 0. The van der Waals surface area contributed by atoms with Crippen molar-refractivity contribution in [3.05, 3.63) is 41.7 Å². The van der Waals surface area contributed by atoms with Crippen LogP contribution in [0.5, 0.6) is 0 Å². The summed E-state index contributed by atoms with van der Waals surface area (Å²) in [6.07, 6.45) is -3.11. The molecule has 21 heavy (non-hydrogen) atoms. The molecule has 112 valence electrons. The van der Waals surface area contributed by atoms with Gasteiger partial charge in [0.15, 0.2) is 0 Å². The van der Waals surface area contributed by atoms with Crippen molar-refractivity contribution in [1.29, 1.82) is 0 Å². The van der Waals surface area contributed by atoms with Gasteiger partial charge in [-0.15, -0.1) is 0 Å². The molecule has 0 aliphatic rings. The summed E-state index contributed by atoms with van der Waals surface area (Å²) in [6, 6.07) is 5.30. The summed E-state index contributed by atoms with van der Waals surface area (Å²) in [5.41, 5.74) is -0.0985. The highest BCUT2D eigenvalue weighted by atomic mass is 19.4. The van der Waals surface area contributed by atoms with Crippen molar-refractivity contribution in [1.82, 2.24) is 9.97 Å². The number of para-hydroxylation sites is 1. The van der Waals surface area contributed by atoms with Crippen molar-refractivity contribution in [2.45, 2.75) is 20.0 Å². The van der Waals surface area contributed by atoms with Crippen LogP contribution in [-0.2, 0) is 6.18 Å². The van der Waals surface area contributed by atoms with Gasteiger partial charge < -0.3 is 10.6 Å². The first-order valence-corrected chi connectivity index (χ1v) is 6.42. The SMILES string of the molecule is CCNc1ncnc(Nc2ccccc2C(F)(F)F)c1C. The van der Waals surface area contributed by atoms with Gasteiger partial charge in [0.25, 0.3) is 0 Å². The lowest BCUT2D eigenvalue weighted by Crippen LogP contribution is -2.10. The van der Waals surface area contributed by atoms with Crippen LogP contribution >= 0.6 is 0 Å². The fourth-order valence-corrected chi connectivity index (χ4v) is 1.89. The van der Waals surface area contributed by atoms with Crippen molar-refractivity contribution in [2.24, 2.45) is 0 Å². The van der Waals surface area contributed by atoms with Gasteiger partial charge in [-0.3, -0.25) is 0 Å². The van der Waals surface area contributed by atoms with Crippen LogP contribution in [0.1, 0.15) is 18.1 Å². The molecule has 1 aromatic carbocycles. The summed E-state index contributed by atoms with van der Waals surface area (Å²) in [7, 11) is 0. The predicted molar refractivity (Wildman–Crippen MR) is 75.7 cm³/mol. The zero-order valence-electron chi connectivity index (χ0n) is 11.6. The van der Waals surface area contributed by atoms with Crippen LogP contribution in [0.3, 0.4) is 0 Å². The third-order valence-electron chi connectivity index (χ3n) is 2.91. The largest absolute Gasteiger partial charge is 0.418 e. The molecular weight excluding hydrogens is 281 g/mol. The molecule has 1 heterocycles. The Kier molecular flexibility index (Phi) is 4.30. The Morgan fingerprint density at radius 2 is 1.76 bits per heavy atom. The zero-order valence-corrected chi connectivity index (χ0v) is 11.6. The lowest BCUT2D eigenvalue weighted by atomic mass is 10.1. The highest BCUT2D eigenvalue weighted by Gasteiger charge is 2.33. The van der Waals surface area contributed by atoms with Crippen molar-refractivity contribution in [2.75, 3.05) is 17.2 Å². The first-order valence-electron chi connectivity index (χ1n) is 6.42. The van der Waals surface area contributed by atoms with Gasteiger partial charge in [0.05, 0.1) is 11.3 Å². The zero-order chi connectivity index (χ0) is 15.5. The van der Waals surface area contributed by atoms with E-state index in [1.54, 1.807) is 13.0 Å². The minimum atomic E-state index is -4.42. The lowest BCUT2D eigenvalue weighted by molar-refractivity contribution is -0.136. The Balaban J connectivity index is 2.38. The third kappa shape index (κ3) is 3.42. The topological polar surface area (TPSA) is 49.8 Å². The molecule has 0 aliphatic carbocycles. The second-order valence-electron chi connectivity index (χ2n) is 4.39. The second-order valence-corrected chi connectivity index (χ2v) is 4.39. The molecule has 0 atom stereocenters. The molecule has 2 rings (SSSR count). The number of alkyl halides is 3. The van der Waals surface area contributed by atoms with Crippen molar-refractivity contribution in [3.8, 4) is 0 Å². The van der Waals surface area contributed by atoms with Gasteiger partial charge in [-0.05, 0) is 26.0 Å². The number of benzene rings is 1. The molecule has 2 N–H and O–H groups in total. The lowest BCUT2D eigenvalue weighted by Gasteiger charge is -2.16. The van der Waals surface area contributed by atoms with E-state index in [0.29, 0.717) is 23.7 Å². The maximum atomic E-state index is 13.0. The van der Waals surface area contributed by atoms with Crippen molar-refractivity contribution in [3.63, 3.8) is 0 Å². The van der Waals surface area contributed by atoms with E-state index < -0.39 is 11.7 Å². The van der Waals surface area contributed by atoms with E-state index in [1.807, 2.05) is 6.92 Å². The van der Waals surface area contributed by atoms with Gasteiger partial charge in [-0.25, -0.2) is 9.97 Å². The maximum Gasteiger partial charge on any atom is 0.418 e. The minimum absolute atomic E-state index is 0.0331. The summed E-state index contributed by atoms with van der Waals surface area (Å²) < 4.78 is 38.9. The third-order valence-corrected chi connectivity index (χ3v) is 2.91. The van der Waals surface area contributed by atoms with Crippen LogP contribution in [0.4, 0.5) is 30.5 Å². The molecule has 0 saturated carbocycles. The average Bonchev–Trinajstić information content (AvgIpc) is 2.43. The number of nitrogens with one attached hydrogen (secondary N) is 2. The highest BCUT2D eigenvalue weighted by molar-refractivity contribution is 5.67. The Morgan fingerprint density at radius 3 is 2.43 bits per heavy atom. The first-order chi connectivity index (χ1) is 9.93. The van der Waals surface area contributed by atoms with Gasteiger partial charge in [0.2, 0.25) is 0 Å². The fraction of sp³-hybridized carbons (Fsp3) is 0.286. The molecule has 0 saturated heterocycles. The van der Waals surface area contributed by atoms with Crippen LogP contribution in [0.15, 0.2) is 30.6 Å². The fourth-order valence-electron chi connectivity index (χ4n) is 1.89. The Labute approximate surface area is 120 Å². The van der Waals surface area contributed by atoms with E-state index in [2.05, 4.69) is 20.6 Å². The molecular formula is C14H15F3N4. The Hall–Kier alpha value is -2.31. The van der Waals surface area contributed by atoms with Crippen molar-refractivity contribution < 1.29 is 13.2 Å². The summed E-state index contributed by atoms with van der Waals surface area (Å²) in [5.74, 6) is 0.942. The average molecular weight is 296 g/mol. The Bertz CT molecular complexity index is 626. The second kappa shape index (κ2) is 5.99. The molecule has 0 amide bonds. The molecule has 0 bridgehead atoms. The van der Waals surface area contributed by atoms with Gasteiger partial charge in [-0.2, -0.15) is 13.2 Å². The standard InChI is InChI=1S/C14H15F3N4/c1-3-18-12-9(2)13(20-8-19-12)21-11-7-5-4-6-10(11)14(15,16)17/h4-8H,3H2,1-2H3,(H2,18,19,20,21). The number of hydrogen-bond donors (Lipinski definition) is 2. The molecule has 4 nitrogen and oxygen atoms in total. The minimum Gasteiger partial charge on any atom is -0.370 e. The number of anilines is 3. The number of halogens is 3. The first kappa shape index (κ1) is 15.1. The monoisotopic (exact) mass is 296 g/mol. The summed E-state index contributed by atoms with van der Waals surface area (Å²) in [5, 5.41) is 5.77. The molecule has 0 radical (unpaired) electrons. The van der Waals surface area contributed by atoms with E-state index in [0.717, 1.165) is 6.07 Å². The van der Waals surface area contributed by atoms with Crippen LogP contribution < -0.4 is 10.6 Å². The quantitative estimate of drug-likeness (QED) is 0.896. The molecule has 7 heteroatoms. The van der Waals surface area contributed by atoms with Gasteiger partial charge in [0, 0.05) is 12.1 Å². The molecule has 0 aliphatic heterocycles. The molecule has 0 fully saturated rings. The summed E-state index contributed by atoms with van der Waals surface area (Å²) in [4.78, 5) is 8.07. The van der Waals surface area contributed by atoms with Crippen LogP contribution in [-0.4, -0.2) is 16.5 Å². The predicted octanol–water partition coefficient (Wildman–Crippen LogP) is 3.98. The van der Waals surface area contributed by atoms with Crippen LogP contribution in [0, 0.1) is 6.92 Å². The number of nitrogens with zero attached hydrogens (tertiary/aromatic N) is 2. The van der Waals surface area contributed by atoms with E-state index in [9.17, 15) is 13.2 Å². The molecule has 0 spiro atoms. The van der Waals surface area contributed by atoms with Crippen LogP contribution in [0.25, 0.3) is 0 Å². The molecule has 0 unspecified atom stereocenters. The van der Waals surface area contributed by atoms with Crippen LogP contribution in [0.2, 0.25) is 0 Å². The summed E-state index contributed by atoms with van der Waals surface area (Å²) in [6.45, 7) is 4.32. The number of hydrogen-bond acceptors (Lipinski definition) is 4. The normalized spacial score (nSPS) is 11.3. The van der Waals surface area contributed by atoms with E-state index in [1.165, 1.54) is 18.5 Å². The number of rotatable bonds is 4. The highest BCUT2D eigenvalue weighted by Crippen LogP contribution is 2.36. The van der Waals surface area contributed by atoms with E-state index >= 15 is 0 Å². The molecule has 2 aromatic rings. The Morgan fingerprint density at radius 1 is 1.10 bits per heavy atom. The van der Waals surface area contributed by atoms with E-state index in [4.69, 9.17) is 0 Å². The smallest absolute Gasteiger partial charge is 0.370 e. The maximum absolute atomic E-state index is 13.0. The van der Waals surface area contributed by atoms with E-state index in [-0.39, 0.29) is 5.69 Å². The van der Waals surface area contributed by atoms with Crippen molar-refractivity contribution >= 4 is 17.3 Å². The van der Waals surface area contributed by atoms with Gasteiger partial charge >= 0.3 is 6.18 Å². The number of aromatic nitrogens is 2.